The van der Waals surface area contributed by atoms with Crippen LogP contribution in [0.2, 0.25) is 0 Å². The molecule has 0 bridgehead atoms. The van der Waals surface area contributed by atoms with Gasteiger partial charge in [-0.15, -0.1) is 18.3 Å². The van der Waals surface area contributed by atoms with Crippen LogP contribution in [-0.2, 0) is 0 Å². The van der Waals surface area contributed by atoms with Crippen molar-refractivity contribution in [2.75, 3.05) is 5.75 Å². The molecule has 0 heterocycles. The number of allylic oxidation sites excluding steroid dienone is 1. The van der Waals surface area contributed by atoms with E-state index < -0.39 is 0 Å². The lowest BCUT2D eigenvalue weighted by Gasteiger charge is -2.12. The molecular weight excluding hydrogens is 214 g/mol. The highest BCUT2D eigenvalue weighted by Crippen LogP contribution is 2.22. The molecule has 0 saturated carbocycles. The highest BCUT2D eigenvalue weighted by Gasteiger charge is 2.05. The second-order valence-corrected chi connectivity index (χ2v) is 5.44. The van der Waals surface area contributed by atoms with Crippen LogP contribution >= 0.6 is 11.8 Å². The molecule has 16 heavy (non-hydrogen) atoms. The molecule has 2 N–H and O–H groups in total. The Hall–Kier alpha value is -0.730. The molecule has 2 heteroatoms. The quantitative estimate of drug-likeness (QED) is 0.592. The fourth-order valence-corrected chi connectivity index (χ4v) is 2.21. The first-order valence-corrected chi connectivity index (χ1v) is 6.74. The van der Waals surface area contributed by atoms with Gasteiger partial charge in [-0.2, -0.15) is 0 Å². The average molecular weight is 235 g/mol. The number of hydrogen-bond donors (Lipinski definition) is 1. The zero-order valence-electron chi connectivity index (χ0n) is 10.2. The van der Waals surface area contributed by atoms with Gasteiger partial charge in [0.1, 0.15) is 0 Å². The maximum atomic E-state index is 6.12. The minimum absolute atomic E-state index is 0.136. The standard InChI is InChI=1S/C14H21NS/c1-4-16-13-8-6-12(7-9-13)14(15)10-5-11(2)3/h6-9,14H,2,4-5,10,15H2,1,3H3. The Morgan fingerprint density at radius 3 is 2.50 bits per heavy atom. The molecule has 0 spiro atoms. The van der Waals surface area contributed by atoms with Gasteiger partial charge in [-0.25, -0.2) is 0 Å². The number of nitrogens with two attached hydrogens (primary N) is 1. The van der Waals surface area contributed by atoms with E-state index in [1.807, 2.05) is 18.7 Å². The van der Waals surface area contributed by atoms with Crippen molar-refractivity contribution in [1.82, 2.24) is 0 Å². The van der Waals surface area contributed by atoms with Crippen LogP contribution in [0.3, 0.4) is 0 Å². The molecule has 0 saturated heterocycles. The van der Waals surface area contributed by atoms with Gasteiger partial charge in [0.15, 0.2) is 0 Å². The number of thioether (sulfide) groups is 1. The van der Waals surface area contributed by atoms with Crippen LogP contribution in [0.25, 0.3) is 0 Å². The molecule has 0 radical (unpaired) electrons. The van der Waals surface area contributed by atoms with Gasteiger partial charge in [0.2, 0.25) is 0 Å². The van der Waals surface area contributed by atoms with Gasteiger partial charge in [-0.1, -0.05) is 24.6 Å². The molecule has 0 fully saturated rings. The Kier molecular flexibility index (Phi) is 5.64. The minimum atomic E-state index is 0.136. The van der Waals surface area contributed by atoms with Gasteiger partial charge in [-0.3, -0.25) is 0 Å². The Morgan fingerprint density at radius 1 is 1.38 bits per heavy atom. The molecule has 1 rings (SSSR count). The summed E-state index contributed by atoms with van der Waals surface area (Å²) in [6, 6.07) is 8.73. The summed E-state index contributed by atoms with van der Waals surface area (Å²) < 4.78 is 0. The van der Waals surface area contributed by atoms with Crippen molar-refractivity contribution < 1.29 is 0 Å². The van der Waals surface area contributed by atoms with Crippen LogP contribution in [0.15, 0.2) is 41.3 Å². The third kappa shape index (κ3) is 4.42. The molecule has 0 aliphatic carbocycles. The monoisotopic (exact) mass is 235 g/mol. The van der Waals surface area contributed by atoms with Crippen molar-refractivity contribution >= 4 is 11.8 Å². The maximum absolute atomic E-state index is 6.12. The summed E-state index contributed by atoms with van der Waals surface area (Å²) in [5.41, 5.74) is 8.55. The van der Waals surface area contributed by atoms with E-state index in [1.165, 1.54) is 16.0 Å². The Labute approximate surface area is 103 Å². The lowest BCUT2D eigenvalue weighted by Crippen LogP contribution is -2.09. The summed E-state index contributed by atoms with van der Waals surface area (Å²) in [5, 5.41) is 0. The first-order valence-electron chi connectivity index (χ1n) is 5.76. The zero-order chi connectivity index (χ0) is 12.0. The minimum Gasteiger partial charge on any atom is -0.324 e. The predicted molar refractivity (Wildman–Crippen MR) is 73.8 cm³/mol. The normalized spacial score (nSPS) is 12.4. The topological polar surface area (TPSA) is 26.0 Å². The SMILES string of the molecule is C=C(C)CCC(N)c1ccc(SCC)cc1. The molecule has 1 unspecified atom stereocenters. The fourth-order valence-electron chi connectivity index (χ4n) is 1.55. The van der Waals surface area contributed by atoms with Gasteiger partial charge in [0.25, 0.3) is 0 Å². The summed E-state index contributed by atoms with van der Waals surface area (Å²) >= 11 is 1.86. The molecule has 1 aromatic rings. The van der Waals surface area contributed by atoms with Crippen LogP contribution in [0, 0.1) is 0 Å². The Morgan fingerprint density at radius 2 is 2.00 bits per heavy atom. The van der Waals surface area contributed by atoms with E-state index in [-0.39, 0.29) is 6.04 Å². The van der Waals surface area contributed by atoms with Crippen LogP contribution in [0.5, 0.6) is 0 Å². The van der Waals surface area contributed by atoms with Gasteiger partial charge in [0, 0.05) is 10.9 Å². The van der Waals surface area contributed by atoms with E-state index in [2.05, 4.69) is 37.8 Å². The first kappa shape index (κ1) is 13.3. The molecule has 1 nitrogen and oxygen atoms in total. The first-order chi connectivity index (χ1) is 7.63. The second-order valence-electron chi connectivity index (χ2n) is 4.10. The van der Waals surface area contributed by atoms with Crippen molar-refractivity contribution in [2.45, 2.75) is 37.6 Å². The van der Waals surface area contributed by atoms with Crippen molar-refractivity contribution in [3.63, 3.8) is 0 Å². The highest BCUT2D eigenvalue weighted by atomic mass is 32.2. The van der Waals surface area contributed by atoms with Crippen LogP contribution in [-0.4, -0.2) is 5.75 Å². The summed E-state index contributed by atoms with van der Waals surface area (Å²) in [6.07, 6.45) is 1.99. The largest absolute Gasteiger partial charge is 0.324 e. The van der Waals surface area contributed by atoms with Crippen molar-refractivity contribution in [2.24, 2.45) is 5.73 Å². The van der Waals surface area contributed by atoms with Gasteiger partial charge in [-0.05, 0) is 43.2 Å². The number of benzene rings is 1. The van der Waals surface area contributed by atoms with E-state index in [4.69, 9.17) is 5.73 Å². The number of rotatable bonds is 6. The van der Waals surface area contributed by atoms with E-state index in [0.717, 1.165) is 18.6 Å². The van der Waals surface area contributed by atoms with Crippen LogP contribution in [0.4, 0.5) is 0 Å². The van der Waals surface area contributed by atoms with Crippen molar-refractivity contribution in [3.8, 4) is 0 Å². The molecule has 0 amide bonds. The zero-order valence-corrected chi connectivity index (χ0v) is 11.0. The molecular formula is C14H21NS. The summed E-state index contributed by atoms with van der Waals surface area (Å²) in [6.45, 7) is 8.11. The van der Waals surface area contributed by atoms with Crippen LogP contribution < -0.4 is 5.73 Å². The number of hydrogen-bond acceptors (Lipinski definition) is 2. The van der Waals surface area contributed by atoms with E-state index in [9.17, 15) is 0 Å². The second kappa shape index (κ2) is 6.77. The van der Waals surface area contributed by atoms with Crippen molar-refractivity contribution in [3.05, 3.63) is 42.0 Å². The molecule has 0 aromatic heterocycles. The highest BCUT2D eigenvalue weighted by molar-refractivity contribution is 7.99. The van der Waals surface area contributed by atoms with E-state index >= 15 is 0 Å². The molecule has 1 aromatic carbocycles. The Bertz CT molecular complexity index is 329. The predicted octanol–water partition coefficient (Wildman–Crippen LogP) is 4.15. The van der Waals surface area contributed by atoms with Gasteiger partial charge in [0.05, 0.1) is 0 Å². The summed E-state index contributed by atoms with van der Waals surface area (Å²) in [4.78, 5) is 1.32. The van der Waals surface area contributed by atoms with Gasteiger partial charge >= 0.3 is 0 Å². The maximum Gasteiger partial charge on any atom is 0.0297 e. The third-order valence-corrected chi connectivity index (χ3v) is 3.40. The lowest BCUT2D eigenvalue weighted by atomic mass is 10.0. The fraction of sp³-hybridized carbons (Fsp3) is 0.429. The smallest absolute Gasteiger partial charge is 0.0297 e. The van der Waals surface area contributed by atoms with E-state index in [0.29, 0.717) is 0 Å². The average Bonchev–Trinajstić information content (AvgIpc) is 2.27. The lowest BCUT2D eigenvalue weighted by molar-refractivity contribution is 0.649. The van der Waals surface area contributed by atoms with E-state index in [1.54, 1.807) is 0 Å². The van der Waals surface area contributed by atoms with Crippen molar-refractivity contribution in [1.29, 1.82) is 0 Å². The molecule has 1 atom stereocenters. The van der Waals surface area contributed by atoms with Gasteiger partial charge < -0.3 is 5.73 Å². The van der Waals surface area contributed by atoms with Crippen LogP contribution in [0.1, 0.15) is 38.3 Å². The Balaban J connectivity index is 2.55. The molecule has 0 aliphatic heterocycles. The molecule has 0 aliphatic rings. The summed E-state index contributed by atoms with van der Waals surface area (Å²) in [7, 11) is 0. The third-order valence-electron chi connectivity index (χ3n) is 2.50. The summed E-state index contributed by atoms with van der Waals surface area (Å²) in [5.74, 6) is 1.11. The molecule has 88 valence electrons.